The molecule has 0 atom stereocenters. The minimum absolute atomic E-state index is 0.357. The molecule has 0 saturated carbocycles. The Morgan fingerprint density at radius 1 is 1.25 bits per heavy atom. The third kappa shape index (κ3) is 2.41. The molecule has 0 N–H and O–H groups in total. The van der Waals surface area contributed by atoms with Crippen molar-refractivity contribution in [2.24, 2.45) is 0 Å². The number of aryl methyl sites for hydroxylation is 1. The second-order valence-electron chi connectivity index (χ2n) is 3.34. The maximum Gasteiger partial charge on any atom is 0.282 e. The van der Waals surface area contributed by atoms with E-state index in [4.69, 9.17) is 9.47 Å². The number of anilines is 1. The molecular formula is C11H15NO3S. The van der Waals surface area contributed by atoms with Crippen LogP contribution in [0.1, 0.15) is 5.56 Å². The van der Waals surface area contributed by atoms with Gasteiger partial charge in [0.2, 0.25) is 0 Å². The van der Waals surface area contributed by atoms with E-state index in [1.807, 2.05) is 13.0 Å². The van der Waals surface area contributed by atoms with Crippen LogP contribution in [0.2, 0.25) is 0 Å². The lowest BCUT2D eigenvalue weighted by atomic mass is 10.1. The molecule has 0 heterocycles. The fourth-order valence-corrected chi connectivity index (χ4v) is 1.51. The van der Waals surface area contributed by atoms with E-state index in [2.05, 4.69) is 12.6 Å². The largest absolute Gasteiger partial charge is 0.496 e. The van der Waals surface area contributed by atoms with E-state index >= 15 is 0 Å². The van der Waals surface area contributed by atoms with Crippen LogP contribution in [0.4, 0.5) is 10.5 Å². The Labute approximate surface area is 101 Å². The van der Waals surface area contributed by atoms with Gasteiger partial charge in [0.15, 0.2) is 0 Å². The molecule has 0 fully saturated rings. The predicted molar refractivity (Wildman–Crippen MR) is 67.1 cm³/mol. The maximum atomic E-state index is 11.2. The number of carbonyl (C=O) groups is 1. The number of thiol groups is 1. The van der Waals surface area contributed by atoms with Gasteiger partial charge in [0.1, 0.15) is 11.5 Å². The van der Waals surface area contributed by atoms with Crippen LogP contribution in [-0.2, 0) is 0 Å². The van der Waals surface area contributed by atoms with Gasteiger partial charge in [-0.3, -0.25) is 4.79 Å². The van der Waals surface area contributed by atoms with E-state index in [1.54, 1.807) is 27.3 Å². The topological polar surface area (TPSA) is 38.8 Å². The van der Waals surface area contributed by atoms with Gasteiger partial charge in [-0.2, -0.15) is 0 Å². The standard InChI is InChI=1S/C11H15NO3S/c1-7-5-10(15-4)8(6-9(7)14-3)12(2)11(13)16/h5-6H,1-4H3,(H,13,16). The van der Waals surface area contributed by atoms with Crippen LogP contribution in [0.15, 0.2) is 12.1 Å². The highest BCUT2D eigenvalue weighted by Gasteiger charge is 2.15. The zero-order valence-corrected chi connectivity index (χ0v) is 10.7. The van der Waals surface area contributed by atoms with Crippen LogP contribution in [-0.4, -0.2) is 26.5 Å². The average Bonchev–Trinajstić information content (AvgIpc) is 2.27. The molecule has 88 valence electrons. The van der Waals surface area contributed by atoms with Crippen LogP contribution in [0.25, 0.3) is 0 Å². The first-order valence-electron chi connectivity index (χ1n) is 4.70. The second kappa shape index (κ2) is 5.12. The number of ether oxygens (including phenoxy) is 2. The molecule has 0 bridgehead atoms. The maximum absolute atomic E-state index is 11.2. The predicted octanol–water partition coefficient (Wildman–Crippen LogP) is 2.50. The van der Waals surface area contributed by atoms with Crippen molar-refractivity contribution in [2.45, 2.75) is 6.92 Å². The zero-order chi connectivity index (χ0) is 12.3. The van der Waals surface area contributed by atoms with Gasteiger partial charge in [0, 0.05) is 13.1 Å². The van der Waals surface area contributed by atoms with Gasteiger partial charge in [0.25, 0.3) is 5.24 Å². The summed E-state index contributed by atoms with van der Waals surface area (Å²) in [4.78, 5) is 12.6. The van der Waals surface area contributed by atoms with Gasteiger partial charge in [-0.1, -0.05) is 12.6 Å². The third-order valence-corrected chi connectivity index (χ3v) is 2.64. The lowest BCUT2D eigenvalue weighted by Gasteiger charge is -2.19. The second-order valence-corrected chi connectivity index (χ2v) is 3.72. The smallest absolute Gasteiger partial charge is 0.282 e. The number of amides is 1. The lowest BCUT2D eigenvalue weighted by Crippen LogP contribution is -2.20. The van der Waals surface area contributed by atoms with Gasteiger partial charge in [-0.15, -0.1) is 0 Å². The summed E-state index contributed by atoms with van der Waals surface area (Å²) in [7, 11) is 4.77. The molecule has 0 aliphatic carbocycles. The highest BCUT2D eigenvalue weighted by atomic mass is 32.1. The molecule has 1 amide bonds. The molecule has 0 spiro atoms. The van der Waals surface area contributed by atoms with Gasteiger partial charge in [0.05, 0.1) is 19.9 Å². The zero-order valence-electron chi connectivity index (χ0n) is 9.77. The van der Waals surface area contributed by atoms with E-state index < -0.39 is 0 Å². The normalized spacial score (nSPS) is 9.81. The number of nitrogens with zero attached hydrogens (tertiary/aromatic N) is 1. The van der Waals surface area contributed by atoms with Crippen molar-refractivity contribution in [3.8, 4) is 11.5 Å². The Morgan fingerprint density at radius 2 is 1.81 bits per heavy atom. The van der Waals surface area contributed by atoms with Crippen LogP contribution >= 0.6 is 12.6 Å². The van der Waals surface area contributed by atoms with E-state index in [0.29, 0.717) is 17.2 Å². The van der Waals surface area contributed by atoms with Crippen LogP contribution in [0, 0.1) is 6.92 Å². The van der Waals surface area contributed by atoms with Crippen molar-refractivity contribution in [2.75, 3.05) is 26.2 Å². The summed E-state index contributed by atoms with van der Waals surface area (Å²) in [6.07, 6.45) is 0. The van der Waals surface area contributed by atoms with Crippen molar-refractivity contribution in [3.63, 3.8) is 0 Å². The van der Waals surface area contributed by atoms with Crippen LogP contribution in [0.5, 0.6) is 11.5 Å². The molecule has 16 heavy (non-hydrogen) atoms. The molecule has 0 aliphatic rings. The summed E-state index contributed by atoms with van der Waals surface area (Å²) in [5.41, 5.74) is 1.58. The highest BCUT2D eigenvalue weighted by Crippen LogP contribution is 2.34. The van der Waals surface area contributed by atoms with Gasteiger partial charge in [-0.25, -0.2) is 0 Å². The van der Waals surface area contributed by atoms with Crippen LogP contribution in [0.3, 0.4) is 0 Å². The highest BCUT2D eigenvalue weighted by molar-refractivity contribution is 7.96. The lowest BCUT2D eigenvalue weighted by molar-refractivity contribution is 0.266. The van der Waals surface area contributed by atoms with E-state index in [1.165, 1.54) is 4.90 Å². The number of hydrogen-bond acceptors (Lipinski definition) is 3. The van der Waals surface area contributed by atoms with Gasteiger partial charge in [-0.05, 0) is 18.6 Å². The first-order valence-corrected chi connectivity index (χ1v) is 5.15. The summed E-state index contributed by atoms with van der Waals surface area (Å²) >= 11 is 3.77. The number of methoxy groups -OCH3 is 2. The fraction of sp³-hybridized carbons (Fsp3) is 0.364. The molecule has 0 radical (unpaired) electrons. The SMILES string of the molecule is COc1cc(N(C)C(=O)S)c(OC)cc1C. The number of rotatable bonds is 3. The van der Waals surface area contributed by atoms with E-state index in [0.717, 1.165) is 5.56 Å². The first-order chi connectivity index (χ1) is 7.51. The van der Waals surface area contributed by atoms with E-state index in [-0.39, 0.29) is 5.24 Å². The summed E-state index contributed by atoms with van der Waals surface area (Å²) in [6, 6.07) is 3.57. The number of hydrogen-bond donors (Lipinski definition) is 1. The Kier molecular flexibility index (Phi) is 4.06. The quantitative estimate of drug-likeness (QED) is 0.826. The summed E-state index contributed by atoms with van der Waals surface area (Å²) in [5.74, 6) is 1.32. The molecule has 0 saturated heterocycles. The summed E-state index contributed by atoms with van der Waals surface area (Å²) in [6.45, 7) is 1.91. The van der Waals surface area contributed by atoms with Crippen molar-refractivity contribution in [1.29, 1.82) is 0 Å². The van der Waals surface area contributed by atoms with E-state index in [9.17, 15) is 4.79 Å². The molecule has 5 heteroatoms. The summed E-state index contributed by atoms with van der Waals surface area (Å²) in [5, 5.41) is -0.357. The molecule has 1 aromatic carbocycles. The molecule has 0 unspecified atom stereocenters. The minimum Gasteiger partial charge on any atom is -0.496 e. The average molecular weight is 241 g/mol. The molecule has 0 aromatic heterocycles. The Hall–Kier alpha value is -1.36. The van der Waals surface area contributed by atoms with Crippen LogP contribution < -0.4 is 14.4 Å². The molecular weight excluding hydrogens is 226 g/mol. The molecule has 0 aliphatic heterocycles. The van der Waals surface area contributed by atoms with Crippen molar-refractivity contribution < 1.29 is 14.3 Å². The molecule has 1 rings (SSSR count). The minimum atomic E-state index is -0.357. The van der Waals surface area contributed by atoms with Crippen molar-refractivity contribution >= 4 is 23.6 Å². The Bertz CT molecular complexity index is 406. The number of benzene rings is 1. The Balaban J connectivity index is 3.29. The third-order valence-electron chi connectivity index (χ3n) is 2.34. The summed E-state index contributed by atoms with van der Waals surface area (Å²) < 4.78 is 10.4. The Morgan fingerprint density at radius 3 is 2.25 bits per heavy atom. The monoisotopic (exact) mass is 241 g/mol. The van der Waals surface area contributed by atoms with Gasteiger partial charge >= 0.3 is 0 Å². The first kappa shape index (κ1) is 12.7. The fourth-order valence-electron chi connectivity index (χ4n) is 1.40. The molecule has 4 nitrogen and oxygen atoms in total. The van der Waals surface area contributed by atoms with Gasteiger partial charge < -0.3 is 14.4 Å². The number of carbonyl (C=O) groups excluding carboxylic acids is 1. The van der Waals surface area contributed by atoms with Crippen molar-refractivity contribution in [3.05, 3.63) is 17.7 Å². The molecule has 1 aromatic rings. The van der Waals surface area contributed by atoms with Crippen molar-refractivity contribution in [1.82, 2.24) is 0 Å².